The van der Waals surface area contributed by atoms with Crippen LogP contribution in [0.3, 0.4) is 0 Å². The number of rotatable bonds is 5. The summed E-state index contributed by atoms with van der Waals surface area (Å²) in [5.74, 6) is -0.885. The number of pyridine rings is 1. The van der Waals surface area contributed by atoms with Crippen molar-refractivity contribution in [3.8, 4) is 0 Å². The van der Waals surface area contributed by atoms with Crippen molar-refractivity contribution in [2.75, 3.05) is 5.32 Å². The van der Waals surface area contributed by atoms with E-state index >= 15 is 0 Å². The lowest BCUT2D eigenvalue weighted by Gasteiger charge is -2.13. The normalized spacial score (nSPS) is 11.8. The fourth-order valence-electron chi connectivity index (χ4n) is 2.41. The first-order chi connectivity index (χ1) is 12.9. The molecule has 0 saturated carbocycles. The van der Waals surface area contributed by atoms with Gasteiger partial charge < -0.3 is 10.1 Å². The number of aromatic amines is 1. The highest BCUT2D eigenvalue weighted by Gasteiger charge is 2.20. The molecule has 0 aliphatic rings. The Morgan fingerprint density at radius 1 is 1.22 bits per heavy atom. The second-order valence-corrected chi connectivity index (χ2v) is 6.14. The molecule has 2 aromatic heterocycles. The van der Waals surface area contributed by atoms with Gasteiger partial charge in [-0.15, -0.1) is 0 Å². The third kappa shape index (κ3) is 4.48. The van der Waals surface area contributed by atoms with Gasteiger partial charge in [-0.25, -0.2) is 10.1 Å². The third-order valence-corrected chi connectivity index (χ3v) is 3.97. The highest BCUT2D eigenvalue weighted by atomic mass is 35.5. The zero-order valence-electron chi connectivity index (χ0n) is 14.2. The zero-order chi connectivity index (χ0) is 19.4. The van der Waals surface area contributed by atoms with Crippen molar-refractivity contribution < 1.29 is 14.3 Å². The molecule has 0 unspecified atom stereocenters. The third-order valence-electron chi connectivity index (χ3n) is 3.74. The largest absolute Gasteiger partial charge is 0.452 e. The summed E-state index contributed by atoms with van der Waals surface area (Å²) in [5.41, 5.74) is 0.0214. The molecule has 27 heavy (non-hydrogen) atoms. The number of aromatic nitrogens is 3. The molecule has 0 aliphatic heterocycles. The van der Waals surface area contributed by atoms with E-state index in [1.54, 1.807) is 30.3 Å². The molecule has 3 aromatic rings. The summed E-state index contributed by atoms with van der Waals surface area (Å²) in [6, 6.07) is 9.91. The van der Waals surface area contributed by atoms with Gasteiger partial charge in [0.25, 0.3) is 11.5 Å². The number of nitrogens with zero attached hydrogens (tertiary/aromatic N) is 2. The minimum Gasteiger partial charge on any atom is -0.452 e. The topological polar surface area (TPSA) is 114 Å². The maximum Gasteiger partial charge on any atom is 0.312 e. The number of carbonyl (C=O) groups is 2. The van der Waals surface area contributed by atoms with Gasteiger partial charge in [0.1, 0.15) is 5.82 Å². The highest BCUT2D eigenvalue weighted by molar-refractivity contribution is 6.30. The number of ether oxygens (including phenoxy) is 1. The van der Waals surface area contributed by atoms with Crippen molar-refractivity contribution in [1.82, 2.24) is 15.2 Å². The first-order valence-electron chi connectivity index (χ1n) is 8.02. The van der Waals surface area contributed by atoms with Gasteiger partial charge in [-0.05, 0) is 25.1 Å². The van der Waals surface area contributed by atoms with E-state index in [0.29, 0.717) is 27.3 Å². The minimum atomic E-state index is -1.04. The standard InChI is InChI=1S/C18H15ClN4O4/c1-10(17(25)21-15-7-6-11(19)9-20-15)27-16(24)8-14-12-4-2-3-5-13(12)18(26)23-22-14/h2-7,9-10H,8H2,1H3,(H,23,26)(H,20,21,25)/t10-/m0/s1. The lowest BCUT2D eigenvalue weighted by Crippen LogP contribution is -2.31. The van der Waals surface area contributed by atoms with Gasteiger partial charge in [0.2, 0.25) is 0 Å². The van der Waals surface area contributed by atoms with Gasteiger partial charge in [-0.2, -0.15) is 5.10 Å². The first-order valence-corrected chi connectivity index (χ1v) is 8.40. The van der Waals surface area contributed by atoms with E-state index in [4.69, 9.17) is 16.3 Å². The molecule has 2 heterocycles. The molecule has 3 rings (SSSR count). The average molecular weight is 387 g/mol. The Morgan fingerprint density at radius 3 is 2.67 bits per heavy atom. The predicted molar refractivity (Wildman–Crippen MR) is 99.5 cm³/mol. The van der Waals surface area contributed by atoms with Gasteiger partial charge in [0, 0.05) is 11.6 Å². The van der Waals surface area contributed by atoms with E-state index in [1.807, 2.05) is 0 Å². The summed E-state index contributed by atoms with van der Waals surface area (Å²) in [6.07, 6.45) is 0.165. The Labute approximate surface area is 158 Å². The van der Waals surface area contributed by atoms with Gasteiger partial charge in [0.05, 0.1) is 22.5 Å². The Balaban J connectivity index is 1.65. The maximum atomic E-state index is 12.2. The molecular formula is C18H15ClN4O4. The monoisotopic (exact) mass is 386 g/mol. The quantitative estimate of drug-likeness (QED) is 0.649. The van der Waals surface area contributed by atoms with E-state index in [2.05, 4.69) is 20.5 Å². The fourth-order valence-corrected chi connectivity index (χ4v) is 2.52. The Morgan fingerprint density at radius 2 is 1.96 bits per heavy atom. The number of hydrogen-bond acceptors (Lipinski definition) is 6. The summed E-state index contributed by atoms with van der Waals surface area (Å²) in [5, 5.41) is 10.2. The van der Waals surface area contributed by atoms with Crippen LogP contribution in [0.4, 0.5) is 5.82 Å². The van der Waals surface area contributed by atoms with Gasteiger partial charge in [-0.1, -0.05) is 29.8 Å². The Kier molecular flexibility index (Phi) is 5.46. The Bertz CT molecular complexity index is 1050. The van der Waals surface area contributed by atoms with Crippen LogP contribution in [0, 0.1) is 0 Å². The number of halogens is 1. The molecule has 0 bridgehead atoms. The van der Waals surface area contributed by atoms with Crippen LogP contribution in [0.25, 0.3) is 10.8 Å². The van der Waals surface area contributed by atoms with Gasteiger partial charge in [-0.3, -0.25) is 14.4 Å². The van der Waals surface area contributed by atoms with Crippen LogP contribution in [0.2, 0.25) is 5.02 Å². The number of amides is 1. The molecular weight excluding hydrogens is 372 g/mol. The SMILES string of the molecule is C[C@H](OC(=O)Cc1n[nH]c(=O)c2ccccc12)C(=O)Nc1ccc(Cl)cn1. The van der Waals surface area contributed by atoms with Crippen LogP contribution < -0.4 is 10.9 Å². The Hall–Kier alpha value is -3.26. The van der Waals surface area contributed by atoms with E-state index in [9.17, 15) is 14.4 Å². The highest BCUT2D eigenvalue weighted by Crippen LogP contribution is 2.14. The summed E-state index contributed by atoms with van der Waals surface area (Å²) >= 11 is 5.74. The van der Waals surface area contributed by atoms with Crippen LogP contribution in [-0.2, 0) is 20.7 Å². The van der Waals surface area contributed by atoms with Crippen LogP contribution in [0.15, 0.2) is 47.4 Å². The van der Waals surface area contributed by atoms with Crippen LogP contribution >= 0.6 is 11.6 Å². The number of fused-ring (bicyclic) bond motifs is 1. The number of hydrogen-bond donors (Lipinski definition) is 2. The smallest absolute Gasteiger partial charge is 0.312 e. The van der Waals surface area contributed by atoms with Crippen molar-refractivity contribution in [2.24, 2.45) is 0 Å². The number of anilines is 1. The fraction of sp³-hybridized carbons (Fsp3) is 0.167. The summed E-state index contributed by atoms with van der Waals surface area (Å²) in [7, 11) is 0. The lowest BCUT2D eigenvalue weighted by atomic mass is 10.1. The molecule has 2 N–H and O–H groups in total. The minimum absolute atomic E-state index is 0.186. The molecule has 138 valence electrons. The number of carbonyl (C=O) groups excluding carboxylic acids is 2. The lowest BCUT2D eigenvalue weighted by molar-refractivity contribution is -0.152. The van der Waals surface area contributed by atoms with Crippen LogP contribution in [-0.4, -0.2) is 33.2 Å². The summed E-state index contributed by atoms with van der Waals surface area (Å²) in [6.45, 7) is 1.45. The molecule has 0 spiro atoms. The van der Waals surface area contributed by atoms with E-state index < -0.39 is 18.0 Å². The van der Waals surface area contributed by atoms with E-state index in [-0.39, 0.29) is 12.0 Å². The molecule has 1 atom stereocenters. The average Bonchev–Trinajstić information content (AvgIpc) is 2.66. The molecule has 0 fully saturated rings. The van der Waals surface area contributed by atoms with Gasteiger partial charge in [0.15, 0.2) is 6.10 Å². The van der Waals surface area contributed by atoms with Gasteiger partial charge >= 0.3 is 5.97 Å². The number of nitrogens with one attached hydrogen (secondary N) is 2. The summed E-state index contributed by atoms with van der Waals surface area (Å²) < 4.78 is 5.15. The molecule has 1 aromatic carbocycles. The molecule has 0 radical (unpaired) electrons. The number of H-pyrrole nitrogens is 1. The van der Waals surface area contributed by atoms with Crippen LogP contribution in [0.1, 0.15) is 12.6 Å². The number of esters is 1. The molecule has 9 heteroatoms. The predicted octanol–water partition coefficient (Wildman–Crippen LogP) is 2.08. The second kappa shape index (κ2) is 7.96. The maximum absolute atomic E-state index is 12.2. The molecule has 1 amide bonds. The molecule has 8 nitrogen and oxygen atoms in total. The van der Waals surface area contributed by atoms with Crippen molar-refractivity contribution in [2.45, 2.75) is 19.4 Å². The second-order valence-electron chi connectivity index (χ2n) is 5.70. The van der Waals surface area contributed by atoms with E-state index in [0.717, 1.165) is 0 Å². The number of benzene rings is 1. The van der Waals surface area contributed by atoms with Crippen molar-refractivity contribution in [3.63, 3.8) is 0 Å². The summed E-state index contributed by atoms with van der Waals surface area (Å²) in [4.78, 5) is 40.0. The van der Waals surface area contributed by atoms with Crippen molar-refractivity contribution >= 4 is 40.1 Å². The zero-order valence-corrected chi connectivity index (χ0v) is 15.0. The van der Waals surface area contributed by atoms with E-state index in [1.165, 1.54) is 19.2 Å². The van der Waals surface area contributed by atoms with Crippen molar-refractivity contribution in [1.29, 1.82) is 0 Å². The van der Waals surface area contributed by atoms with Crippen LogP contribution in [0.5, 0.6) is 0 Å². The first kappa shape index (κ1) is 18.5. The molecule has 0 saturated heterocycles. The molecule has 0 aliphatic carbocycles. The van der Waals surface area contributed by atoms with Crippen molar-refractivity contribution in [3.05, 3.63) is 63.7 Å².